The van der Waals surface area contributed by atoms with Gasteiger partial charge >= 0.3 is 0 Å². The average Bonchev–Trinajstić information content (AvgIpc) is 3.33. The van der Waals surface area contributed by atoms with E-state index in [1.165, 1.54) is 23.1 Å². The van der Waals surface area contributed by atoms with Gasteiger partial charge in [0.1, 0.15) is 11.9 Å². The summed E-state index contributed by atoms with van der Waals surface area (Å²) in [5, 5.41) is 25.3. The number of carbonyl (C=O) groups is 1. The fourth-order valence-corrected chi connectivity index (χ4v) is 5.59. The van der Waals surface area contributed by atoms with Crippen molar-refractivity contribution >= 4 is 40.0 Å². The van der Waals surface area contributed by atoms with Crippen LogP contribution in [0.1, 0.15) is 50.4 Å². The van der Waals surface area contributed by atoms with E-state index in [0.29, 0.717) is 11.4 Å². The van der Waals surface area contributed by atoms with Gasteiger partial charge in [0.2, 0.25) is 11.0 Å². The van der Waals surface area contributed by atoms with Gasteiger partial charge in [-0.05, 0) is 64.2 Å². The number of nitrogens with zero attached hydrogens (tertiary/aromatic N) is 4. The minimum atomic E-state index is -0.168. The molecule has 1 amide bonds. The highest BCUT2D eigenvalue weighted by atomic mass is 32.2. The Morgan fingerprint density at radius 1 is 1.22 bits per heavy atom. The zero-order chi connectivity index (χ0) is 22.7. The summed E-state index contributed by atoms with van der Waals surface area (Å²) in [5.41, 5.74) is 3.62. The molecule has 3 aromatic rings. The normalized spacial score (nSPS) is 13.3. The number of fused-ring (bicyclic) bond motifs is 1. The molecule has 9 heteroatoms. The number of para-hydroxylation sites is 1. The van der Waals surface area contributed by atoms with E-state index in [4.69, 9.17) is 0 Å². The monoisotopic (exact) mass is 466 g/mol. The second-order valence-electron chi connectivity index (χ2n) is 8.72. The smallest absolute Gasteiger partial charge is 0.235 e. The third-order valence-corrected chi connectivity index (χ3v) is 7.04. The van der Waals surface area contributed by atoms with Gasteiger partial charge in [-0.15, -0.1) is 10.2 Å². The Balaban J connectivity index is 1.54. The molecule has 1 aliphatic rings. The summed E-state index contributed by atoms with van der Waals surface area (Å²) in [6, 6.07) is 12.3. The number of rotatable bonds is 6. The summed E-state index contributed by atoms with van der Waals surface area (Å²) in [4.78, 5) is 12.9. The minimum absolute atomic E-state index is 0.103. The average molecular weight is 467 g/mol. The summed E-state index contributed by atoms with van der Waals surface area (Å²) < 4.78 is 2.77. The molecule has 0 saturated heterocycles. The molecule has 4 rings (SSSR count). The highest BCUT2D eigenvalue weighted by Crippen LogP contribution is 2.36. The maximum atomic E-state index is 12.9. The fraction of sp³-hybridized carbons (Fsp3) is 0.391. The van der Waals surface area contributed by atoms with Crippen molar-refractivity contribution in [2.45, 2.75) is 56.3 Å². The second kappa shape index (κ2) is 9.35. The SMILES string of the molecule is CC(C)(C)Nc1nnc(SCC(=O)Nc2c(C#N)c3c(n2-c2ccccc2)CCCC3)s1. The Kier molecular flexibility index (Phi) is 6.53. The van der Waals surface area contributed by atoms with E-state index in [9.17, 15) is 10.1 Å². The lowest BCUT2D eigenvalue weighted by molar-refractivity contribution is -0.113. The van der Waals surface area contributed by atoms with Gasteiger partial charge in [-0.2, -0.15) is 5.26 Å². The van der Waals surface area contributed by atoms with Crippen LogP contribution < -0.4 is 10.6 Å². The van der Waals surface area contributed by atoms with Crippen molar-refractivity contribution in [3.05, 3.63) is 47.2 Å². The van der Waals surface area contributed by atoms with E-state index in [0.717, 1.165) is 52.1 Å². The molecular weight excluding hydrogens is 440 g/mol. The number of amides is 1. The van der Waals surface area contributed by atoms with Crippen LogP contribution in [0.5, 0.6) is 0 Å². The largest absolute Gasteiger partial charge is 0.355 e. The summed E-state index contributed by atoms with van der Waals surface area (Å²) in [6.45, 7) is 6.18. The van der Waals surface area contributed by atoms with Crippen LogP contribution in [0.4, 0.5) is 10.9 Å². The molecule has 7 nitrogen and oxygen atoms in total. The van der Waals surface area contributed by atoms with Crippen LogP contribution in [0.25, 0.3) is 5.69 Å². The molecule has 0 aliphatic heterocycles. The van der Waals surface area contributed by atoms with Gasteiger partial charge in [-0.25, -0.2) is 0 Å². The summed E-state index contributed by atoms with van der Waals surface area (Å²) in [6.07, 6.45) is 3.91. The first-order chi connectivity index (χ1) is 15.4. The van der Waals surface area contributed by atoms with Gasteiger partial charge in [0.05, 0.1) is 11.3 Å². The molecule has 2 heterocycles. The molecule has 0 atom stereocenters. The third-order valence-electron chi connectivity index (χ3n) is 5.07. The van der Waals surface area contributed by atoms with Crippen LogP contribution in [-0.2, 0) is 17.6 Å². The molecule has 0 bridgehead atoms. The van der Waals surface area contributed by atoms with Crippen LogP contribution >= 0.6 is 23.1 Å². The van der Waals surface area contributed by atoms with Crippen LogP contribution in [-0.4, -0.2) is 32.0 Å². The molecule has 1 aliphatic carbocycles. The second-order valence-corrected chi connectivity index (χ2v) is 10.9. The molecular formula is C23H26N6OS2. The van der Waals surface area contributed by atoms with Gasteiger partial charge < -0.3 is 10.6 Å². The summed E-state index contributed by atoms with van der Waals surface area (Å²) in [7, 11) is 0. The highest BCUT2D eigenvalue weighted by Gasteiger charge is 2.26. The number of aromatic nitrogens is 3. The van der Waals surface area contributed by atoms with Gasteiger partial charge in [-0.3, -0.25) is 9.36 Å². The van der Waals surface area contributed by atoms with Gasteiger partial charge in [-0.1, -0.05) is 41.3 Å². The number of hydrogen-bond donors (Lipinski definition) is 2. The predicted octanol–water partition coefficient (Wildman–Crippen LogP) is 5.02. The quantitative estimate of drug-likeness (QED) is 0.495. The first kappa shape index (κ1) is 22.4. The first-order valence-corrected chi connectivity index (χ1v) is 12.4. The lowest BCUT2D eigenvalue weighted by atomic mass is 9.95. The molecule has 0 fully saturated rings. The molecule has 32 heavy (non-hydrogen) atoms. The highest BCUT2D eigenvalue weighted by molar-refractivity contribution is 8.01. The Bertz CT molecular complexity index is 1150. The van der Waals surface area contributed by atoms with E-state index >= 15 is 0 Å². The van der Waals surface area contributed by atoms with Crippen molar-refractivity contribution in [1.29, 1.82) is 5.26 Å². The minimum Gasteiger partial charge on any atom is -0.355 e. The van der Waals surface area contributed by atoms with Crippen molar-refractivity contribution < 1.29 is 4.79 Å². The van der Waals surface area contributed by atoms with Crippen LogP contribution in [0.15, 0.2) is 34.7 Å². The van der Waals surface area contributed by atoms with Crippen molar-refractivity contribution in [3.63, 3.8) is 0 Å². The maximum Gasteiger partial charge on any atom is 0.235 e. The molecule has 166 valence electrons. The molecule has 2 aromatic heterocycles. The van der Waals surface area contributed by atoms with Crippen molar-refractivity contribution in [2.75, 3.05) is 16.4 Å². The number of anilines is 2. The topological polar surface area (TPSA) is 95.6 Å². The van der Waals surface area contributed by atoms with Gasteiger partial charge in [0.25, 0.3) is 0 Å². The number of benzene rings is 1. The lowest BCUT2D eigenvalue weighted by Gasteiger charge is -2.18. The number of hydrogen-bond acceptors (Lipinski definition) is 7. The Hall–Kier alpha value is -2.83. The number of nitrogens with one attached hydrogen (secondary N) is 2. The molecule has 0 radical (unpaired) electrons. The van der Waals surface area contributed by atoms with Gasteiger partial charge in [0.15, 0.2) is 4.34 Å². The van der Waals surface area contributed by atoms with Crippen LogP contribution in [0.3, 0.4) is 0 Å². The number of carbonyl (C=O) groups excluding carboxylic acids is 1. The Morgan fingerprint density at radius 2 is 1.97 bits per heavy atom. The van der Waals surface area contributed by atoms with Gasteiger partial charge in [0, 0.05) is 16.9 Å². The molecule has 0 spiro atoms. The maximum absolute atomic E-state index is 12.9. The van der Waals surface area contributed by atoms with E-state index in [-0.39, 0.29) is 17.2 Å². The zero-order valence-electron chi connectivity index (χ0n) is 18.4. The van der Waals surface area contributed by atoms with Crippen molar-refractivity contribution in [2.24, 2.45) is 0 Å². The van der Waals surface area contributed by atoms with Crippen molar-refractivity contribution in [3.8, 4) is 11.8 Å². The molecule has 2 N–H and O–H groups in total. The summed E-state index contributed by atoms with van der Waals surface area (Å²) >= 11 is 2.78. The lowest BCUT2D eigenvalue weighted by Crippen LogP contribution is -2.25. The standard InChI is InChI=1S/C23H26N6OS2/c1-23(2,3)26-21-27-28-22(32-21)31-14-19(30)25-20-17(13-24)16-11-7-8-12-18(16)29(20)15-9-5-4-6-10-15/h4-6,9-10H,7-8,11-12,14H2,1-3H3,(H,25,30)(H,26,27). The van der Waals surface area contributed by atoms with E-state index in [1.807, 2.05) is 34.9 Å². The third kappa shape index (κ3) is 4.97. The van der Waals surface area contributed by atoms with Crippen LogP contribution in [0.2, 0.25) is 0 Å². The van der Waals surface area contributed by atoms with E-state index in [1.54, 1.807) is 0 Å². The van der Waals surface area contributed by atoms with Crippen LogP contribution in [0, 0.1) is 11.3 Å². The Morgan fingerprint density at radius 3 is 2.69 bits per heavy atom. The number of nitriles is 1. The first-order valence-electron chi connectivity index (χ1n) is 10.6. The molecule has 0 saturated carbocycles. The predicted molar refractivity (Wildman–Crippen MR) is 130 cm³/mol. The van der Waals surface area contributed by atoms with Crippen molar-refractivity contribution in [1.82, 2.24) is 14.8 Å². The molecule has 0 unspecified atom stereocenters. The zero-order valence-corrected chi connectivity index (χ0v) is 20.1. The van der Waals surface area contributed by atoms with E-state index in [2.05, 4.69) is 47.7 Å². The summed E-state index contributed by atoms with van der Waals surface area (Å²) in [5.74, 6) is 0.599. The fourth-order valence-electron chi connectivity index (χ4n) is 3.83. The van der Waals surface area contributed by atoms with E-state index < -0.39 is 0 Å². The molecule has 1 aromatic carbocycles. The number of thioether (sulfide) groups is 1. The Labute approximate surface area is 196 Å².